The molecule has 0 bridgehead atoms. The van der Waals surface area contributed by atoms with Gasteiger partial charge in [0, 0.05) is 10.6 Å². The highest BCUT2D eigenvalue weighted by atomic mass is 31.1. The second kappa shape index (κ2) is 15.7. The number of benzene rings is 7. The second-order valence-corrected chi connectivity index (χ2v) is 15.7. The fourth-order valence-corrected chi connectivity index (χ4v) is 10.6. The summed E-state index contributed by atoms with van der Waals surface area (Å²) in [5, 5.41) is 7.62. The summed E-state index contributed by atoms with van der Waals surface area (Å²) in [6, 6.07) is 68.5. The molecule has 0 radical (unpaired) electrons. The SMILES string of the molecule is c1ccc(P(c2ccccc2)c2ccccc2OCc2ccccc2COc2ccccc2P(c2ccccc2)c2ccccc2)cc1. The molecule has 4 heteroatoms. The van der Waals surface area contributed by atoms with Crippen LogP contribution in [0.3, 0.4) is 0 Å². The van der Waals surface area contributed by atoms with Crippen LogP contribution in [-0.4, -0.2) is 0 Å². The molecule has 2 nitrogen and oxygen atoms in total. The van der Waals surface area contributed by atoms with Crippen molar-refractivity contribution in [1.82, 2.24) is 0 Å². The van der Waals surface area contributed by atoms with Crippen LogP contribution in [0.5, 0.6) is 11.5 Å². The van der Waals surface area contributed by atoms with E-state index >= 15 is 0 Å². The van der Waals surface area contributed by atoms with Gasteiger partial charge >= 0.3 is 0 Å². The third-order valence-corrected chi connectivity index (χ3v) is 13.1. The van der Waals surface area contributed by atoms with E-state index in [4.69, 9.17) is 9.47 Å². The van der Waals surface area contributed by atoms with Crippen LogP contribution in [0.2, 0.25) is 0 Å². The first-order valence-electron chi connectivity index (χ1n) is 16.2. The average Bonchev–Trinajstić information content (AvgIpc) is 3.16. The van der Waals surface area contributed by atoms with Crippen LogP contribution in [0.25, 0.3) is 0 Å². The second-order valence-electron chi connectivity index (χ2n) is 11.3. The number of para-hydroxylation sites is 2. The molecule has 0 heterocycles. The summed E-state index contributed by atoms with van der Waals surface area (Å²) >= 11 is 0. The van der Waals surface area contributed by atoms with Crippen LogP contribution < -0.4 is 41.3 Å². The van der Waals surface area contributed by atoms with Gasteiger partial charge < -0.3 is 9.47 Å². The summed E-state index contributed by atoms with van der Waals surface area (Å²) < 4.78 is 13.4. The van der Waals surface area contributed by atoms with Crippen LogP contribution in [0.4, 0.5) is 0 Å². The van der Waals surface area contributed by atoms with Gasteiger partial charge in [0.05, 0.1) is 0 Å². The highest BCUT2D eigenvalue weighted by Crippen LogP contribution is 2.38. The Morgan fingerprint density at radius 3 is 0.896 bits per heavy atom. The molecular formula is C44H36O2P2. The molecule has 0 aliphatic carbocycles. The van der Waals surface area contributed by atoms with Gasteiger partial charge in [0.25, 0.3) is 0 Å². The Hall–Kier alpha value is -5.00. The molecule has 0 N–H and O–H groups in total. The maximum absolute atomic E-state index is 6.68. The maximum atomic E-state index is 6.68. The van der Waals surface area contributed by atoms with Crippen LogP contribution in [0.1, 0.15) is 11.1 Å². The molecule has 0 saturated carbocycles. The lowest BCUT2D eigenvalue weighted by Gasteiger charge is -2.23. The number of ether oxygens (including phenoxy) is 2. The molecule has 0 unspecified atom stereocenters. The summed E-state index contributed by atoms with van der Waals surface area (Å²) in [6.45, 7) is 0.900. The predicted molar refractivity (Wildman–Crippen MR) is 205 cm³/mol. The Bertz CT molecular complexity index is 1810. The van der Waals surface area contributed by atoms with E-state index < -0.39 is 15.8 Å². The first-order chi connectivity index (χ1) is 23.8. The summed E-state index contributed by atoms with van der Waals surface area (Å²) in [5.41, 5.74) is 2.23. The molecule has 0 spiro atoms. The van der Waals surface area contributed by atoms with E-state index in [1.807, 2.05) is 0 Å². The highest BCUT2D eigenvalue weighted by molar-refractivity contribution is 7.80. The van der Waals surface area contributed by atoms with Crippen molar-refractivity contribution in [3.05, 3.63) is 205 Å². The molecule has 0 aliphatic rings. The molecule has 0 amide bonds. The minimum atomic E-state index is -0.788. The molecule has 0 saturated heterocycles. The van der Waals surface area contributed by atoms with Crippen LogP contribution in [0.15, 0.2) is 194 Å². The average molecular weight is 659 g/mol. The van der Waals surface area contributed by atoms with Crippen molar-refractivity contribution in [2.75, 3.05) is 0 Å². The van der Waals surface area contributed by atoms with E-state index in [9.17, 15) is 0 Å². The lowest BCUT2D eigenvalue weighted by atomic mass is 10.1. The third-order valence-electron chi connectivity index (χ3n) is 8.15. The number of rotatable bonds is 12. The van der Waals surface area contributed by atoms with Crippen molar-refractivity contribution in [1.29, 1.82) is 0 Å². The van der Waals surface area contributed by atoms with E-state index in [1.165, 1.54) is 31.8 Å². The van der Waals surface area contributed by atoms with Gasteiger partial charge in [0.1, 0.15) is 24.7 Å². The largest absolute Gasteiger partial charge is 0.488 e. The molecule has 7 rings (SSSR count). The first kappa shape index (κ1) is 31.6. The first-order valence-corrected chi connectivity index (χ1v) is 18.8. The third kappa shape index (κ3) is 7.42. The zero-order valence-corrected chi connectivity index (χ0v) is 28.4. The van der Waals surface area contributed by atoms with Gasteiger partial charge in [-0.05, 0) is 60.3 Å². The molecule has 0 atom stereocenters. The van der Waals surface area contributed by atoms with E-state index in [0.29, 0.717) is 13.2 Å². The van der Waals surface area contributed by atoms with Gasteiger partial charge in [0.15, 0.2) is 0 Å². The minimum absolute atomic E-state index is 0.450. The van der Waals surface area contributed by atoms with Crippen LogP contribution >= 0.6 is 15.8 Å². The normalized spacial score (nSPS) is 11.0. The highest BCUT2D eigenvalue weighted by Gasteiger charge is 2.22. The van der Waals surface area contributed by atoms with E-state index in [2.05, 4.69) is 194 Å². The summed E-state index contributed by atoms with van der Waals surface area (Å²) in [6.07, 6.45) is 0. The lowest BCUT2D eigenvalue weighted by Crippen LogP contribution is -2.22. The van der Waals surface area contributed by atoms with Gasteiger partial charge in [-0.3, -0.25) is 0 Å². The fourth-order valence-electron chi connectivity index (χ4n) is 5.84. The topological polar surface area (TPSA) is 18.5 Å². The van der Waals surface area contributed by atoms with Gasteiger partial charge in [-0.1, -0.05) is 182 Å². The van der Waals surface area contributed by atoms with E-state index in [1.54, 1.807) is 0 Å². The van der Waals surface area contributed by atoms with E-state index in [0.717, 1.165) is 22.6 Å². The van der Waals surface area contributed by atoms with Gasteiger partial charge in [-0.2, -0.15) is 0 Å². The number of hydrogen-bond acceptors (Lipinski definition) is 2. The molecule has 0 aliphatic heterocycles. The van der Waals surface area contributed by atoms with Gasteiger partial charge in [-0.15, -0.1) is 0 Å². The molecule has 0 aromatic heterocycles. The standard InChI is InChI=1S/C44H36O2P2/c1-5-21-37(22-6-1)47(38-23-7-2-8-24-38)43-31-17-15-29-41(43)45-33-35-19-13-14-20-36(35)34-46-42-30-16-18-32-44(42)48(39-25-9-3-10-26-39)40-27-11-4-12-28-40/h1-32H,33-34H2. The summed E-state index contributed by atoms with van der Waals surface area (Å²) in [7, 11) is -1.58. The predicted octanol–water partition coefficient (Wildman–Crippen LogP) is 8.36. The smallest absolute Gasteiger partial charge is 0.128 e. The van der Waals surface area contributed by atoms with Crippen LogP contribution in [-0.2, 0) is 13.2 Å². The summed E-state index contributed by atoms with van der Waals surface area (Å²) in [5.74, 6) is 1.82. The summed E-state index contributed by atoms with van der Waals surface area (Å²) in [4.78, 5) is 0. The van der Waals surface area contributed by atoms with Crippen molar-refractivity contribution in [2.45, 2.75) is 13.2 Å². The van der Waals surface area contributed by atoms with Crippen molar-refractivity contribution in [2.24, 2.45) is 0 Å². The molecule has 0 fully saturated rings. The zero-order chi connectivity index (χ0) is 32.4. The molecule has 234 valence electrons. The van der Waals surface area contributed by atoms with E-state index in [-0.39, 0.29) is 0 Å². The Labute approximate surface area is 286 Å². The number of hydrogen-bond donors (Lipinski definition) is 0. The fraction of sp³-hybridized carbons (Fsp3) is 0.0455. The quantitative estimate of drug-likeness (QED) is 0.123. The Morgan fingerprint density at radius 1 is 0.292 bits per heavy atom. The Balaban J connectivity index is 1.14. The van der Waals surface area contributed by atoms with Crippen molar-refractivity contribution < 1.29 is 9.47 Å². The Morgan fingerprint density at radius 2 is 0.562 bits per heavy atom. The molecule has 7 aromatic carbocycles. The van der Waals surface area contributed by atoms with Crippen LogP contribution in [0, 0.1) is 0 Å². The zero-order valence-electron chi connectivity index (χ0n) is 26.6. The maximum Gasteiger partial charge on any atom is 0.128 e. The monoisotopic (exact) mass is 658 g/mol. The van der Waals surface area contributed by atoms with Gasteiger partial charge in [-0.25, -0.2) is 0 Å². The molecular weight excluding hydrogens is 622 g/mol. The van der Waals surface area contributed by atoms with Gasteiger partial charge in [0.2, 0.25) is 0 Å². The minimum Gasteiger partial charge on any atom is -0.488 e. The molecule has 7 aromatic rings. The Kier molecular flexibility index (Phi) is 10.4. The lowest BCUT2D eigenvalue weighted by molar-refractivity contribution is 0.288. The van der Waals surface area contributed by atoms with Crippen molar-refractivity contribution in [3.63, 3.8) is 0 Å². The van der Waals surface area contributed by atoms with Crippen molar-refractivity contribution >= 4 is 47.7 Å². The van der Waals surface area contributed by atoms with Crippen molar-refractivity contribution in [3.8, 4) is 11.5 Å². The molecule has 48 heavy (non-hydrogen) atoms.